The Labute approximate surface area is 161 Å². The molecule has 8 heteroatoms. The number of nitrogens with one attached hydrogen (secondary N) is 3. The van der Waals surface area contributed by atoms with Crippen molar-refractivity contribution in [3.05, 3.63) is 64.2 Å². The topological polar surface area (TPSA) is 79.5 Å². The second kappa shape index (κ2) is 9.17. The lowest BCUT2D eigenvalue weighted by atomic mass is 10.1. The third-order valence-corrected chi connectivity index (χ3v) is 3.98. The number of carbonyl (C=O) groups is 2. The summed E-state index contributed by atoms with van der Waals surface area (Å²) in [4.78, 5) is 23.8. The second-order valence-electron chi connectivity index (χ2n) is 5.52. The molecule has 0 aliphatic rings. The maximum absolute atomic E-state index is 12.0. The molecule has 0 heterocycles. The predicted octanol–water partition coefficient (Wildman–Crippen LogP) is 2.67. The van der Waals surface area contributed by atoms with Crippen LogP contribution in [0, 0.1) is 13.8 Å². The third-order valence-electron chi connectivity index (χ3n) is 3.36. The average molecular weight is 392 g/mol. The largest absolute Gasteiger partial charge is 0.484 e. The van der Waals surface area contributed by atoms with Crippen LogP contribution in [0.25, 0.3) is 0 Å². The fourth-order valence-electron chi connectivity index (χ4n) is 1.93. The van der Waals surface area contributed by atoms with Gasteiger partial charge in [-0.25, -0.2) is 0 Å². The molecule has 0 aliphatic carbocycles. The number of hydrazine groups is 1. The molecule has 6 nitrogen and oxygen atoms in total. The standard InChI is InChI=1S/C18H18ClN3O3S/c1-11-3-5-13(6-4-11)17(24)20-18(26)22-21-16(23)10-25-14-7-8-15(19)12(2)9-14/h3-9H,10H2,1-2H3,(H,21,23)(H2,20,22,24,26). The molecule has 0 atom stereocenters. The number of hydrogen-bond acceptors (Lipinski definition) is 4. The van der Waals surface area contributed by atoms with Crippen LogP contribution in [0.5, 0.6) is 5.75 Å². The van der Waals surface area contributed by atoms with Gasteiger partial charge in [-0.2, -0.15) is 0 Å². The van der Waals surface area contributed by atoms with Gasteiger partial charge in [-0.15, -0.1) is 0 Å². The summed E-state index contributed by atoms with van der Waals surface area (Å²) in [5.41, 5.74) is 7.16. The van der Waals surface area contributed by atoms with E-state index in [-0.39, 0.29) is 17.6 Å². The van der Waals surface area contributed by atoms with Crippen molar-refractivity contribution < 1.29 is 14.3 Å². The van der Waals surface area contributed by atoms with Crippen molar-refractivity contribution in [2.75, 3.05) is 6.61 Å². The molecule has 0 saturated carbocycles. The van der Waals surface area contributed by atoms with E-state index in [0.717, 1.165) is 11.1 Å². The molecule has 2 aromatic carbocycles. The third kappa shape index (κ3) is 6.02. The zero-order valence-corrected chi connectivity index (χ0v) is 15.8. The van der Waals surface area contributed by atoms with Crippen molar-refractivity contribution in [1.29, 1.82) is 0 Å². The molecule has 0 radical (unpaired) electrons. The SMILES string of the molecule is Cc1ccc(C(=O)NC(=S)NNC(=O)COc2ccc(Cl)c(C)c2)cc1. The first kappa shape index (κ1) is 19.7. The van der Waals surface area contributed by atoms with Crippen LogP contribution in [0.4, 0.5) is 0 Å². The smallest absolute Gasteiger partial charge is 0.276 e. The van der Waals surface area contributed by atoms with E-state index < -0.39 is 5.91 Å². The maximum atomic E-state index is 12.0. The number of carbonyl (C=O) groups excluding carboxylic acids is 2. The van der Waals surface area contributed by atoms with E-state index in [1.807, 2.05) is 26.0 Å². The fourth-order valence-corrected chi connectivity index (χ4v) is 2.19. The normalized spacial score (nSPS) is 9.96. The van der Waals surface area contributed by atoms with Crippen molar-refractivity contribution in [1.82, 2.24) is 16.2 Å². The molecule has 2 aromatic rings. The highest BCUT2D eigenvalue weighted by atomic mass is 35.5. The molecule has 0 fully saturated rings. The maximum Gasteiger partial charge on any atom is 0.276 e. The van der Waals surface area contributed by atoms with E-state index >= 15 is 0 Å². The van der Waals surface area contributed by atoms with Crippen molar-refractivity contribution >= 4 is 40.7 Å². The molecule has 0 aliphatic heterocycles. The summed E-state index contributed by atoms with van der Waals surface area (Å²) in [5, 5.41) is 3.07. The zero-order chi connectivity index (χ0) is 19.1. The van der Waals surface area contributed by atoms with E-state index in [0.29, 0.717) is 16.3 Å². The first-order valence-corrected chi connectivity index (χ1v) is 8.49. The number of ether oxygens (including phenoxy) is 1. The monoisotopic (exact) mass is 391 g/mol. The number of aryl methyl sites for hydroxylation is 2. The lowest BCUT2D eigenvalue weighted by molar-refractivity contribution is -0.123. The van der Waals surface area contributed by atoms with Crippen LogP contribution in [0.3, 0.4) is 0 Å². The van der Waals surface area contributed by atoms with Gasteiger partial charge in [-0.3, -0.25) is 25.8 Å². The Kier molecular flexibility index (Phi) is 6.94. The molecular weight excluding hydrogens is 374 g/mol. The number of amides is 2. The highest BCUT2D eigenvalue weighted by Gasteiger charge is 2.09. The van der Waals surface area contributed by atoms with Gasteiger partial charge in [0.15, 0.2) is 11.7 Å². The van der Waals surface area contributed by atoms with Crippen LogP contribution in [0.1, 0.15) is 21.5 Å². The Morgan fingerprint density at radius 1 is 1.08 bits per heavy atom. The molecule has 2 amide bonds. The van der Waals surface area contributed by atoms with Crippen LogP contribution < -0.4 is 20.9 Å². The van der Waals surface area contributed by atoms with Crippen LogP contribution in [0.2, 0.25) is 5.02 Å². The molecule has 2 rings (SSSR count). The Balaban J connectivity index is 1.74. The molecule has 0 aromatic heterocycles. The highest BCUT2D eigenvalue weighted by Crippen LogP contribution is 2.20. The van der Waals surface area contributed by atoms with E-state index in [2.05, 4.69) is 16.2 Å². The first-order valence-electron chi connectivity index (χ1n) is 7.71. The summed E-state index contributed by atoms with van der Waals surface area (Å²) in [5.74, 6) is -0.300. The van der Waals surface area contributed by atoms with Gasteiger partial charge in [-0.1, -0.05) is 29.3 Å². The molecule has 0 spiro atoms. The Bertz CT molecular complexity index is 825. The van der Waals surface area contributed by atoms with Gasteiger partial charge in [0, 0.05) is 10.6 Å². The highest BCUT2D eigenvalue weighted by molar-refractivity contribution is 7.80. The summed E-state index contributed by atoms with van der Waals surface area (Å²) in [6, 6.07) is 12.1. The fraction of sp³-hybridized carbons (Fsp3) is 0.167. The van der Waals surface area contributed by atoms with Crippen LogP contribution in [0.15, 0.2) is 42.5 Å². The molecule has 0 unspecified atom stereocenters. The van der Waals surface area contributed by atoms with E-state index in [1.54, 1.807) is 30.3 Å². The first-order chi connectivity index (χ1) is 12.3. The minimum absolute atomic E-state index is 0.0220. The predicted molar refractivity (Wildman–Crippen MR) is 104 cm³/mol. The van der Waals surface area contributed by atoms with Crippen LogP contribution in [-0.2, 0) is 4.79 Å². The van der Waals surface area contributed by atoms with E-state index in [1.165, 1.54) is 0 Å². The van der Waals surface area contributed by atoms with Gasteiger partial charge < -0.3 is 4.74 Å². The van der Waals surface area contributed by atoms with Gasteiger partial charge in [0.1, 0.15) is 5.75 Å². The molecule has 0 bridgehead atoms. The number of benzene rings is 2. The summed E-state index contributed by atoms with van der Waals surface area (Å²) in [6.45, 7) is 3.55. The molecular formula is C18H18ClN3O3S. The average Bonchev–Trinajstić information content (AvgIpc) is 2.61. The summed E-state index contributed by atoms with van der Waals surface area (Å²) in [6.07, 6.45) is 0. The number of hydrogen-bond donors (Lipinski definition) is 3. The van der Waals surface area contributed by atoms with E-state index in [4.69, 9.17) is 28.6 Å². The molecule has 3 N–H and O–H groups in total. The Morgan fingerprint density at radius 2 is 1.77 bits per heavy atom. The number of rotatable bonds is 4. The molecule has 26 heavy (non-hydrogen) atoms. The zero-order valence-electron chi connectivity index (χ0n) is 14.3. The summed E-state index contributed by atoms with van der Waals surface area (Å²) < 4.78 is 5.36. The van der Waals surface area contributed by atoms with Crippen molar-refractivity contribution in [2.45, 2.75) is 13.8 Å². The van der Waals surface area contributed by atoms with Gasteiger partial charge >= 0.3 is 0 Å². The van der Waals surface area contributed by atoms with Crippen LogP contribution >= 0.6 is 23.8 Å². The lowest BCUT2D eigenvalue weighted by Gasteiger charge is -2.12. The number of thiocarbonyl (C=S) groups is 1. The summed E-state index contributed by atoms with van der Waals surface area (Å²) >= 11 is 10.9. The minimum Gasteiger partial charge on any atom is -0.484 e. The van der Waals surface area contributed by atoms with Gasteiger partial charge in [0.25, 0.3) is 11.8 Å². The Hall–Kier alpha value is -2.64. The lowest BCUT2D eigenvalue weighted by Crippen LogP contribution is -2.49. The number of halogens is 1. The van der Waals surface area contributed by atoms with Crippen molar-refractivity contribution in [3.63, 3.8) is 0 Å². The van der Waals surface area contributed by atoms with Crippen LogP contribution in [-0.4, -0.2) is 23.5 Å². The van der Waals surface area contributed by atoms with Gasteiger partial charge in [-0.05, 0) is 62.0 Å². The van der Waals surface area contributed by atoms with Crippen molar-refractivity contribution in [3.8, 4) is 5.75 Å². The van der Waals surface area contributed by atoms with Gasteiger partial charge in [0.05, 0.1) is 0 Å². The Morgan fingerprint density at radius 3 is 2.42 bits per heavy atom. The van der Waals surface area contributed by atoms with E-state index in [9.17, 15) is 9.59 Å². The van der Waals surface area contributed by atoms with Crippen molar-refractivity contribution in [2.24, 2.45) is 0 Å². The van der Waals surface area contributed by atoms with Gasteiger partial charge in [0.2, 0.25) is 0 Å². The molecule has 136 valence electrons. The second-order valence-corrected chi connectivity index (χ2v) is 6.34. The quantitative estimate of drug-likeness (QED) is 0.551. The summed E-state index contributed by atoms with van der Waals surface area (Å²) in [7, 11) is 0. The molecule has 0 saturated heterocycles. The minimum atomic E-state index is -0.454.